The molecule has 0 spiro atoms. The lowest BCUT2D eigenvalue weighted by molar-refractivity contribution is -0.301. The highest BCUT2D eigenvalue weighted by Crippen LogP contribution is 2.32. The molecule has 10 atom stereocenters. The molecular weight excluding hydrogens is 728 g/mol. The van der Waals surface area contributed by atoms with Crippen LogP contribution >= 0.6 is 0 Å². The average molecular weight is 777 g/mol. The Morgan fingerprint density at radius 2 is 1.25 bits per heavy atom. The van der Waals surface area contributed by atoms with Crippen LogP contribution in [0.15, 0.2) is 41.3 Å². The van der Waals surface area contributed by atoms with Crippen LogP contribution in [0.25, 0.3) is 10.8 Å². The highest BCUT2D eigenvalue weighted by atomic mass is 32.2. The molecule has 21 heteroatoms. The molecular formula is C32H48N4O16S. The Morgan fingerprint density at radius 1 is 0.736 bits per heavy atom. The zero-order chi connectivity index (χ0) is 39.2. The predicted molar refractivity (Wildman–Crippen MR) is 182 cm³/mol. The van der Waals surface area contributed by atoms with Crippen molar-refractivity contribution in [1.29, 1.82) is 0 Å². The van der Waals surface area contributed by atoms with E-state index in [2.05, 4.69) is 0 Å². The molecule has 2 heterocycles. The topological polar surface area (TPSA) is 303 Å². The van der Waals surface area contributed by atoms with E-state index in [1.54, 1.807) is 43.3 Å². The summed E-state index contributed by atoms with van der Waals surface area (Å²) < 4.78 is 51.2. The Labute approximate surface area is 305 Å². The third-order valence-corrected chi connectivity index (χ3v) is 10.8. The van der Waals surface area contributed by atoms with Crippen molar-refractivity contribution < 1.29 is 77.8 Å². The van der Waals surface area contributed by atoms with Gasteiger partial charge in [0.05, 0.1) is 44.4 Å². The second-order valence-electron chi connectivity index (χ2n) is 12.8. The number of benzene rings is 2. The molecule has 53 heavy (non-hydrogen) atoms. The second-order valence-corrected chi connectivity index (χ2v) is 14.7. The number of amides is 2. The summed E-state index contributed by atoms with van der Waals surface area (Å²) in [5, 5.41) is 80.9. The zero-order valence-electron chi connectivity index (χ0n) is 29.1. The maximum atomic E-state index is 14.4. The summed E-state index contributed by atoms with van der Waals surface area (Å²) in [6, 6.07) is 9.66. The molecule has 0 saturated carbocycles. The van der Waals surface area contributed by atoms with Crippen LogP contribution in [0.3, 0.4) is 0 Å². The van der Waals surface area contributed by atoms with Gasteiger partial charge in [0.15, 0.2) is 12.6 Å². The summed E-state index contributed by atoms with van der Waals surface area (Å²) >= 11 is 0. The fraction of sp³-hybridized carbons (Fsp3) is 0.625. The SMILES string of the molecule is CN(C)c1cccc2c(S(=O)(=O)N(CCO[C@H]3O[C@@H](CO)[C@@H](O)[C@H](O)[C@H]3O)CC(=O)N(CCO[C@H]3O[C@@H](CO)[C@@H](O)[C@H](O)[C@H]3O)CC(N)=O)cccc12. The number of primary amides is 1. The van der Waals surface area contributed by atoms with Crippen molar-refractivity contribution >= 4 is 38.3 Å². The molecule has 10 N–H and O–H groups in total. The van der Waals surface area contributed by atoms with Crippen LogP contribution in [0.5, 0.6) is 0 Å². The molecule has 298 valence electrons. The first-order valence-corrected chi connectivity index (χ1v) is 18.1. The van der Waals surface area contributed by atoms with Gasteiger partial charge in [0.1, 0.15) is 48.8 Å². The number of nitrogens with zero attached hydrogens (tertiary/aromatic N) is 3. The lowest BCUT2D eigenvalue weighted by Gasteiger charge is -2.39. The molecule has 2 aromatic carbocycles. The third kappa shape index (κ3) is 9.76. The lowest BCUT2D eigenvalue weighted by Crippen LogP contribution is -2.59. The smallest absolute Gasteiger partial charge is 0.244 e. The van der Waals surface area contributed by atoms with Crippen LogP contribution in [0, 0.1) is 0 Å². The Balaban J connectivity index is 1.59. The van der Waals surface area contributed by atoms with Gasteiger partial charge in [0, 0.05) is 43.6 Å². The molecule has 2 aromatic rings. The Hall–Kier alpha value is -3.13. The first kappa shape index (κ1) is 42.6. The molecule has 0 unspecified atom stereocenters. The van der Waals surface area contributed by atoms with E-state index < -0.39 is 136 Å². The Bertz CT molecular complexity index is 1650. The summed E-state index contributed by atoms with van der Waals surface area (Å²) in [5.41, 5.74) is 6.10. The molecule has 2 fully saturated rings. The molecule has 2 saturated heterocycles. The summed E-state index contributed by atoms with van der Waals surface area (Å²) in [7, 11) is -0.998. The molecule has 0 aromatic heterocycles. The molecule has 2 aliphatic heterocycles. The minimum absolute atomic E-state index is 0.174. The maximum Gasteiger partial charge on any atom is 0.244 e. The predicted octanol–water partition coefficient (Wildman–Crippen LogP) is -5.16. The van der Waals surface area contributed by atoms with Crippen molar-refractivity contribution in [2.75, 3.05) is 71.6 Å². The number of hydrogen-bond acceptors (Lipinski definition) is 17. The maximum absolute atomic E-state index is 14.4. The largest absolute Gasteiger partial charge is 0.394 e. The molecule has 0 radical (unpaired) electrons. The van der Waals surface area contributed by atoms with E-state index in [9.17, 15) is 58.9 Å². The summed E-state index contributed by atoms with van der Waals surface area (Å²) in [5.74, 6) is -1.89. The van der Waals surface area contributed by atoms with Gasteiger partial charge in [-0.05, 0) is 12.1 Å². The fourth-order valence-electron chi connectivity index (χ4n) is 5.99. The summed E-state index contributed by atoms with van der Waals surface area (Å²) in [6.07, 6.45) is -16.0. The van der Waals surface area contributed by atoms with Gasteiger partial charge in [-0.3, -0.25) is 9.59 Å². The first-order chi connectivity index (χ1) is 25.0. The Kier molecular flexibility index (Phi) is 14.8. The molecule has 0 aliphatic carbocycles. The van der Waals surface area contributed by atoms with Gasteiger partial charge in [0.2, 0.25) is 21.8 Å². The number of sulfonamides is 1. The highest BCUT2D eigenvalue weighted by molar-refractivity contribution is 7.89. The number of nitrogens with two attached hydrogens (primary N) is 1. The number of fused-ring (bicyclic) bond motifs is 1. The Morgan fingerprint density at radius 3 is 1.75 bits per heavy atom. The summed E-state index contributed by atoms with van der Waals surface area (Å²) in [6.45, 7) is -4.92. The molecule has 20 nitrogen and oxygen atoms in total. The number of carbonyl (C=O) groups excluding carboxylic acids is 2. The minimum Gasteiger partial charge on any atom is -0.394 e. The van der Waals surface area contributed by atoms with Gasteiger partial charge in [-0.2, -0.15) is 4.31 Å². The molecule has 2 amide bonds. The zero-order valence-corrected chi connectivity index (χ0v) is 29.9. The highest BCUT2D eigenvalue weighted by Gasteiger charge is 2.45. The quantitative estimate of drug-likeness (QED) is 0.0726. The minimum atomic E-state index is -4.57. The standard InChI is InChI=1S/C32H48N4O16S/c1-34(2)19-7-3-6-18-17(19)5-4-8-22(18)53(47,48)36(10-12-50-32-30(46)28(44)26(42)21(16-38)52-32)14-24(40)35(13-23(33)39)9-11-49-31-29(45)27(43)25(41)20(15-37)51-31/h3-8,20-21,25-32,37-38,41-46H,9-16H2,1-2H3,(H2,33,39)/t20-,21-,25+,26+,27-,28-,29+,30+,31-,32-/m0/s1. The monoisotopic (exact) mass is 776 g/mol. The lowest BCUT2D eigenvalue weighted by atomic mass is 9.99. The van der Waals surface area contributed by atoms with Crippen LogP contribution in [0.1, 0.15) is 0 Å². The van der Waals surface area contributed by atoms with E-state index in [0.29, 0.717) is 16.5 Å². The normalized spacial score (nSPS) is 29.3. The fourth-order valence-corrected chi connectivity index (χ4v) is 7.57. The van der Waals surface area contributed by atoms with Crippen LogP contribution in [0.2, 0.25) is 0 Å². The van der Waals surface area contributed by atoms with E-state index in [4.69, 9.17) is 24.7 Å². The van der Waals surface area contributed by atoms with Gasteiger partial charge in [-0.15, -0.1) is 0 Å². The summed E-state index contributed by atoms with van der Waals surface area (Å²) in [4.78, 5) is 28.3. The number of rotatable bonds is 17. The van der Waals surface area contributed by atoms with Gasteiger partial charge < -0.3 is 75.3 Å². The molecule has 2 aliphatic rings. The van der Waals surface area contributed by atoms with Crippen LogP contribution < -0.4 is 10.6 Å². The van der Waals surface area contributed by atoms with Gasteiger partial charge in [0.25, 0.3) is 0 Å². The van der Waals surface area contributed by atoms with Crippen molar-refractivity contribution in [3.8, 4) is 0 Å². The van der Waals surface area contributed by atoms with E-state index in [1.165, 1.54) is 12.1 Å². The van der Waals surface area contributed by atoms with Gasteiger partial charge in [-0.25, -0.2) is 8.42 Å². The van der Waals surface area contributed by atoms with Crippen LogP contribution in [0.4, 0.5) is 5.69 Å². The third-order valence-electron chi connectivity index (χ3n) is 8.93. The first-order valence-electron chi connectivity index (χ1n) is 16.6. The second kappa shape index (κ2) is 18.5. The van der Waals surface area contributed by atoms with E-state index in [0.717, 1.165) is 9.21 Å². The average Bonchev–Trinajstić information content (AvgIpc) is 3.12. The molecule has 0 bridgehead atoms. The van der Waals surface area contributed by atoms with Crippen molar-refractivity contribution in [3.05, 3.63) is 36.4 Å². The van der Waals surface area contributed by atoms with E-state index in [-0.39, 0.29) is 4.90 Å². The number of aliphatic hydroxyl groups excluding tert-OH is 8. The van der Waals surface area contributed by atoms with Gasteiger partial charge in [-0.1, -0.05) is 24.3 Å². The number of anilines is 1. The van der Waals surface area contributed by atoms with Crippen molar-refractivity contribution in [2.24, 2.45) is 5.73 Å². The number of carbonyl (C=O) groups is 2. The van der Waals surface area contributed by atoms with Crippen molar-refractivity contribution in [3.63, 3.8) is 0 Å². The van der Waals surface area contributed by atoms with Crippen molar-refractivity contribution in [2.45, 2.75) is 66.3 Å². The van der Waals surface area contributed by atoms with E-state index in [1.807, 2.05) is 0 Å². The molecule has 4 rings (SSSR count). The van der Waals surface area contributed by atoms with Gasteiger partial charge >= 0.3 is 0 Å². The van der Waals surface area contributed by atoms with Crippen LogP contribution in [-0.4, -0.2) is 198 Å². The number of hydrogen-bond donors (Lipinski definition) is 9. The number of ether oxygens (including phenoxy) is 4. The van der Waals surface area contributed by atoms with E-state index >= 15 is 0 Å². The number of aliphatic hydroxyl groups is 8. The van der Waals surface area contributed by atoms with Crippen LogP contribution in [-0.2, 0) is 38.6 Å². The van der Waals surface area contributed by atoms with Crippen molar-refractivity contribution in [1.82, 2.24) is 9.21 Å².